The van der Waals surface area contributed by atoms with Gasteiger partial charge in [-0.2, -0.15) is 0 Å². The minimum atomic E-state index is -4.52. The molecule has 0 rings (SSSR count). The van der Waals surface area contributed by atoms with Gasteiger partial charge in [0.1, 0.15) is 10.6 Å². The second kappa shape index (κ2) is 4.74. The van der Waals surface area contributed by atoms with E-state index in [2.05, 4.69) is 0 Å². The summed E-state index contributed by atoms with van der Waals surface area (Å²) in [6.45, 7) is 6.79. The molecular formula is C8H21NO6P2. The molecule has 4 N–H and O–H groups in total. The highest BCUT2D eigenvalue weighted by atomic mass is 31.2. The third-order valence-electron chi connectivity index (χ3n) is 3.06. The largest absolute Gasteiger partial charge is 0.345 e. The van der Waals surface area contributed by atoms with Gasteiger partial charge in [0.05, 0.1) is 0 Å². The van der Waals surface area contributed by atoms with Crippen LogP contribution in [0.5, 0.6) is 0 Å². The first-order chi connectivity index (χ1) is 7.19. The van der Waals surface area contributed by atoms with Crippen LogP contribution in [0.15, 0.2) is 0 Å². The number of hydrogen-bond donors (Lipinski definition) is 4. The van der Waals surface area contributed by atoms with Crippen molar-refractivity contribution in [1.29, 1.82) is 0 Å². The van der Waals surface area contributed by atoms with Gasteiger partial charge < -0.3 is 19.6 Å². The molecule has 104 valence electrons. The highest BCUT2D eigenvalue weighted by Gasteiger charge is 2.54. The molecular weight excluding hydrogens is 268 g/mol. The molecule has 0 aliphatic heterocycles. The smallest absolute Gasteiger partial charge is 0.323 e. The van der Waals surface area contributed by atoms with Gasteiger partial charge in [0.15, 0.2) is 0 Å². The van der Waals surface area contributed by atoms with Gasteiger partial charge in [-0.3, -0.25) is 14.0 Å². The van der Waals surface area contributed by atoms with Crippen molar-refractivity contribution < 1.29 is 28.7 Å². The van der Waals surface area contributed by atoms with E-state index in [4.69, 9.17) is 0 Å². The molecule has 0 fully saturated rings. The molecule has 0 spiro atoms. The van der Waals surface area contributed by atoms with E-state index < -0.39 is 25.8 Å². The van der Waals surface area contributed by atoms with E-state index in [1.807, 2.05) is 0 Å². The monoisotopic (exact) mass is 289 g/mol. The van der Waals surface area contributed by atoms with Gasteiger partial charge in [0.25, 0.3) is 0 Å². The van der Waals surface area contributed by atoms with E-state index in [1.54, 1.807) is 6.92 Å². The summed E-state index contributed by atoms with van der Waals surface area (Å²) in [5.41, 5.74) is 0. The van der Waals surface area contributed by atoms with Gasteiger partial charge in [-0.05, 0) is 34.2 Å². The maximum atomic E-state index is 11.4. The molecule has 0 aromatic heterocycles. The van der Waals surface area contributed by atoms with Crippen LogP contribution in [0.4, 0.5) is 0 Å². The molecule has 9 heteroatoms. The Kier molecular flexibility index (Phi) is 4.81. The summed E-state index contributed by atoms with van der Waals surface area (Å²) in [6, 6.07) is 0. The van der Waals surface area contributed by atoms with Gasteiger partial charge in [0.2, 0.25) is 0 Å². The molecule has 0 radical (unpaired) electrons. The maximum Gasteiger partial charge on any atom is 0.345 e. The third kappa shape index (κ3) is 3.18. The average Bonchev–Trinajstić information content (AvgIpc) is 1.99. The molecule has 0 aliphatic rings. The molecule has 0 bridgehead atoms. The van der Waals surface area contributed by atoms with Crippen molar-refractivity contribution in [2.75, 3.05) is 6.54 Å². The summed E-state index contributed by atoms with van der Waals surface area (Å²) in [5, 5.41) is -3.29. The fourth-order valence-corrected chi connectivity index (χ4v) is 3.25. The second-order valence-corrected chi connectivity index (χ2v) is 9.19. The zero-order valence-electron chi connectivity index (χ0n) is 10.7. The molecule has 0 unspecified atom stereocenters. The highest BCUT2D eigenvalue weighted by Crippen LogP contribution is 2.60. The summed E-state index contributed by atoms with van der Waals surface area (Å²) in [5.74, 6) is 0. The van der Waals surface area contributed by atoms with Crippen molar-refractivity contribution in [3.05, 3.63) is 0 Å². The Balaban J connectivity index is 5.69. The molecule has 0 heterocycles. The van der Waals surface area contributed by atoms with Gasteiger partial charge >= 0.3 is 15.2 Å². The van der Waals surface area contributed by atoms with E-state index >= 15 is 0 Å². The lowest BCUT2D eigenvalue weighted by molar-refractivity contribution is 0.0831. The maximum absolute atomic E-state index is 11.4. The fourth-order valence-electron chi connectivity index (χ4n) is 1.76. The average molecular weight is 289 g/mol. The quantitative estimate of drug-likeness (QED) is 0.560. The normalized spacial score (nSPS) is 15.4. The Morgan fingerprint density at radius 3 is 1.24 bits per heavy atom. The van der Waals surface area contributed by atoms with Crippen molar-refractivity contribution >= 4 is 15.2 Å². The molecule has 0 amide bonds. The summed E-state index contributed by atoms with van der Waals surface area (Å²) in [7, 11) is -9.05. The van der Waals surface area contributed by atoms with Crippen LogP contribution in [-0.4, -0.2) is 41.6 Å². The standard InChI is InChI=1S/C8H21NO6P2/c1-6-9(7(2,3)16(10,11)12)8(4,5)17(13,14)15/h6H2,1-5H3,(H2,10,11,12)(H2,13,14,15). The van der Waals surface area contributed by atoms with E-state index in [0.717, 1.165) is 4.90 Å². The van der Waals surface area contributed by atoms with Crippen LogP contribution in [0.1, 0.15) is 34.6 Å². The Morgan fingerprint density at radius 1 is 0.882 bits per heavy atom. The minimum absolute atomic E-state index is 0.107. The molecule has 0 aromatic rings. The van der Waals surface area contributed by atoms with Crippen molar-refractivity contribution in [3.8, 4) is 0 Å². The Labute approximate surface area is 101 Å². The van der Waals surface area contributed by atoms with E-state index in [-0.39, 0.29) is 6.54 Å². The first kappa shape index (κ1) is 17.3. The third-order valence-corrected chi connectivity index (χ3v) is 6.40. The van der Waals surface area contributed by atoms with E-state index in [9.17, 15) is 28.7 Å². The van der Waals surface area contributed by atoms with E-state index in [0.29, 0.717) is 0 Å². The van der Waals surface area contributed by atoms with Crippen LogP contribution in [-0.2, 0) is 9.13 Å². The zero-order chi connectivity index (χ0) is 14.3. The number of rotatable bonds is 5. The van der Waals surface area contributed by atoms with Crippen molar-refractivity contribution in [1.82, 2.24) is 4.90 Å². The fraction of sp³-hybridized carbons (Fsp3) is 1.00. The van der Waals surface area contributed by atoms with Crippen LogP contribution >= 0.6 is 15.2 Å². The summed E-state index contributed by atoms with van der Waals surface area (Å²) in [4.78, 5) is 38.3. The lowest BCUT2D eigenvalue weighted by Crippen LogP contribution is -2.54. The molecule has 0 saturated heterocycles. The topological polar surface area (TPSA) is 118 Å². The van der Waals surface area contributed by atoms with Crippen molar-refractivity contribution in [2.45, 2.75) is 45.2 Å². The zero-order valence-corrected chi connectivity index (χ0v) is 12.4. The molecule has 0 aliphatic carbocycles. The molecule has 7 nitrogen and oxygen atoms in total. The first-order valence-corrected chi connectivity index (χ1v) is 8.31. The van der Waals surface area contributed by atoms with Crippen LogP contribution in [0.25, 0.3) is 0 Å². The van der Waals surface area contributed by atoms with Gasteiger partial charge in [-0.15, -0.1) is 0 Å². The first-order valence-electron chi connectivity index (χ1n) is 5.08. The Bertz CT molecular complexity index is 334. The summed E-state index contributed by atoms with van der Waals surface area (Å²) in [6.07, 6.45) is 0. The van der Waals surface area contributed by atoms with Crippen molar-refractivity contribution in [2.24, 2.45) is 0 Å². The minimum Gasteiger partial charge on any atom is -0.323 e. The predicted molar refractivity (Wildman–Crippen MR) is 64.6 cm³/mol. The summed E-state index contributed by atoms with van der Waals surface area (Å²) >= 11 is 0. The molecule has 0 atom stereocenters. The van der Waals surface area contributed by atoms with Crippen LogP contribution < -0.4 is 0 Å². The lowest BCUT2D eigenvalue weighted by Gasteiger charge is -2.47. The van der Waals surface area contributed by atoms with Crippen molar-refractivity contribution in [3.63, 3.8) is 0 Å². The SMILES string of the molecule is CCN(C(C)(C)P(=O)(O)O)C(C)(C)P(=O)(O)O. The molecule has 0 aromatic carbocycles. The predicted octanol–water partition coefficient (Wildman–Crippen LogP) is 1.14. The Hall–Kier alpha value is 0.260. The molecule has 0 saturated carbocycles. The second-order valence-electron chi connectivity index (χ2n) is 4.82. The number of hydrogen-bond acceptors (Lipinski definition) is 3. The van der Waals surface area contributed by atoms with Gasteiger partial charge in [0, 0.05) is 0 Å². The van der Waals surface area contributed by atoms with Gasteiger partial charge in [-0.25, -0.2) is 0 Å². The molecule has 17 heavy (non-hydrogen) atoms. The van der Waals surface area contributed by atoms with Crippen LogP contribution in [0, 0.1) is 0 Å². The lowest BCUT2D eigenvalue weighted by atomic mass is 10.2. The van der Waals surface area contributed by atoms with Gasteiger partial charge in [-0.1, -0.05) is 6.92 Å². The Morgan fingerprint density at radius 2 is 1.12 bits per heavy atom. The van der Waals surface area contributed by atoms with E-state index in [1.165, 1.54) is 27.7 Å². The van der Waals surface area contributed by atoms with Crippen LogP contribution in [0.3, 0.4) is 0 Å². The highest BCUT2D eigenvalue weighted by molar-refractivity contribution is 7.54. The summed E-state index contributed by atoms with van der Waals surface area (Å²) < 4.78 is 22.9. The number of nitrogens with zero attached hydrogens (tertiary/aromatic N) is 1. The van der Waals surface area contributed by atoms with Crippen LogP contribution in [0.2, 0.25) is 0 Å².